The minimum Gasteiger partial charge on any atom is -0.369 e. The van der Waals surface area contributed by atoms with Gasteiger partial charge in [-0.25, -0.2) is 0 Å². The topological polar surface area (TPSA) is 46.3 Å². The van der Waals surface area contributed by atoms with E-state index in [1.165, 1.54) is 24.9 Å². The van der Waals surface area contributed by atoms with Gasteiger partial charge >= 0.3 is 0 Å². The van der Waals surface area contributed by atoms with Crippen LogP contribution in [0.15, 0.2) is 24.3 Å². The number of carbonyl (C=O) groups excluding carboxylic acids is 1. The molecule has 0 aliphatic carbocycles. The largest absolute Gasteiger partial charge is 0.369 e. The van der Waals surface area contributed by atoms with Gasteiger partial charge in [0.15, 0.2) is 5.78 Å². The van der Waals surface area contributed by atoms with Crippen LogP contribution in [0, 0.1) is 0 Å². The Kier molecular flexibility index (Phi) is 4.02. The number of hydrogen-bond acceptors (Lipinski definition) is 3. The molecule has 0 bridgehead atoms. The normalized spacial score (nSPS) is 21.7. The number of benzene rings is 1. The lowest BCUT2D eigenvalue weighted by molar-refractivity contribution is 0.0968. The number of piperidine rings is 1. The number of nitrogens with two attached hydrogens (primary N) is 1. The summed E-state index contributed by atoms with van der Waals surface area (Å²) in [6.07, 6.45) is 3.82. The lowest BCUT2D eigenvalue weighted by Gasteiger charge is -2.35. The lowest BCUT2D eigenvalue weighted by atomic mass is 10.0. The monoisotopic (exact) mass is 246 g/mol. The van der Waals surface area contributed by atoms with E-state index in [-0.39, 0.29) is 5.78 Å². The first-order valence-electron chi connectivity index (χ1n) is 6.76. The van der Waals surface area contributed by atoms with Crippen molar-refractivity contribution in [2.75, 3.05) is 11.4 Å². The maximum absolute atomic E-state index is 11.8. The Bertz CT molecular complexity index is 411. The molecule has 3 nitrogen and oxygen atoms in total. The van der Waals surface area contributed by atoms with Crippen molar-refractivity contribution >= 4 is 11.5 Å². The molecule has 18 heavy (non-hydrogen) atoms. The zero-order valence-corrected chi connectivity index (χ0v) is 11.2. The minimum absolute atomic E-state index is 0.00763. The third kappa shape index (κ3) is 2.72. The molecule has 0 spiro atoms. The number of rotatable bonds is 3. The van der Waals surface area contributed by atoms with Crippen LogP contribution in [0.2, 0.25) is 0 Å². The highest BCUT2D eigenvalue weighted by Crippen LogP contribution is 2.24. The summed E-state index contributed by atoms with van der Waals surface area (Å²) in [5.41, 5.74) is 7.53. The fraction of sp³-hybridized carbons (Fsp3) is 0.533. The fourth-order valence-electron chi connectivity index (χ4n) is 2.56. The molecule has 0 aromatic heterocycles. The first kappa shape index (κ1) is 13.1. The van der Waals surface area contributed by atoms with Gasteiger partial charge in [0.1, 0.15) is 0 Å². The van der Waals surface area contributed by atoms with Gasteiger partial charge in [0.2, 0.25) is 0 Å². The summed E-state index contributed by atoms with van der Waals surface area (Å²) in [4.78, 5) is 14.2. The molecular formula is C15H22N2O. The smallest absolute Gasteiger partial charge is 0.179 e. The molecular weight excluding hydrogens is 224 g/mol. The van der Waals surface area contributed by atoms with Crippen molar-refractivity contribution < 1.29 is 4.79 Å². The van der Waals surface area contributed by atoms with Crippen molar-refractivity contribution in [3.63, 3.8) is 0 Å². The molecule has 1 aromatic carbocycles. The van der Waals surface area contributed by atoms with Crippen molar-refractivity contribution in [2.24, 2.45) is 5.73 Å². The molecule has 1 aliphatic heterocycles. The van der Waals surface area contributed by atoms with Gasteiger partial charge in [0.25, 0.3) is 0 Å². The molecule has 2 atom stereocenters. The summed E-state index contributed by atoms with van der Waals surface area (Å²) >= 11 is 0. The standard InChI is InChI=1S/C15H22N2O/c1-11-5-3-4-10-17(11)14-8-6-13(7-9-14)15(18)12(2)16/h6-9,11-12H,3-5,10,16H2,1-2H3. The molecule has 3 heteroatoms. The van der Waals surface area contributed by atoms with Gasteiger partial charge in [-0.1, -0.05) is 0 Å². The Hall–Kier alpha value is -1.35. The number of anilines is 1. The summed E-state index contributed by atoms with van der Waals surface area (Å²) in [6, 6.07) is 8.03. The maximum atomic E-state index is 11.8. The molecule has 1 saturated heterocycles. The van der Waals surface area contributed by atoms with Crippen molar-refractivity contribution in [3.8, 4) is 0 Å². The molecule has 2 unspecified atom stereocenters. The van der Waals surface area contributed by atoms with Gasteiger partial charge in [-0.15, -0.1) is 0 Å². The van der Waals surface area contributed by atoms with Crippen LogP contribution in [0.4, 0.5) is 5.69 Å². The molecule has 98 valence electrons. The van der Waals surface area contributed by atoms with E-state index in [2.05, 4.69) is 11.8 Å². The Labute approximate surface area is 109 Å². The van der Waals surface area contributed by atoms with Crippen LogP contribution in [0.3, 0.4) is 0 Å². The van der Waals surface area contributed by atoms with E-state index in [0.29, 0.717) is 11.6 Å². The third-order valence-electron chi connectivity index (χ3n) is 3.70. The summed E-state index contributed by atoms with van der Waals surface area (Å²) in [5.74, 6) is 0.00763. The van der Waals surface area contributed by atoms with Crippen LogP contribution in [0.1, 0.15) is 43.5 Å². The SMILES string of the molecule is CC(N)C(=O)c1ccc(N2CCCCC2C)cc1. The van der Waals surface area contributed by atoms with Gasteiger partial charge in [0.05, 0.1) is 6.04 Å². The van der Waals surface area contributed by atoms with Gasteiger partial charge in [-0.2, -0.15) is 0 Å². The van der Waals surface area contributed by atoms with E-state index in [9.17, 15) is 4.79 Å². The van der Waals surface area contributed by atoms with Crippen LogP contribution in [-0.4, -0.2) is 24.4 Å². The molecule has 2 N–H and O–H groups in total. The molecule has 0 amide bonds. The summed E-state index contributed by atoms with van der Waals surface area (Å²) in [5, 5.41) is 0. The first-order chi connectivity index (χ1) is 8.59. The van der Waals surface area contributed by atoms with Crippen LogP contribution in [0.5, 0.6) is 0 Å². The van der Waals surface area contributed by atoms with E-state index in [0.717, 1.165) is 6.54 Å². The van der Waals surface area contributed by atoms with E-state index in [1.807, 2.05) is 24.3 Å². The van der Waals surface area contributed by atoms with Gasteiger partial charge in [-0.05, 0) is 57.4 Å². The second-order valence-corrected chi connectivity index (χ2v) is 5.24. The van der Waals surface area contributed by atoms with E-state index < -0.39 is 6.04 Å². The summed E-state index contributed by atoms with van der Waals surface area (Å²) < 4.78 is 0. The average molecular weight is 246 g/mol. The lowest BCUT2D eigenvalue weighted by Crippen LogP contribution is -2.37. The zero-order valence-electron chi connectivity index (χ0n) is 11.2. The Balaban J connectivity index is 2.14. The van der Waals surface area contributed by atoms with Crippen LogP contribution >= 0.6 is 0 Å². The average Bonchev–Trinajstić information content (AvgIpc) is 2.38. The van der Waals surface area contributed by atoms with E-state index in [1.54, 1.807) is 6.92 Å². The summed E-state index contributed by atoms with van der Waals surface area (Å²) in [6.45, 7) is 5.10. The highest BCUT2D eigenvalue weighted by molar-refractivity contribution is 5.99. The Morgan fingerprint density at radius 2 is 2.00 bits per heavy atom. The third-order valence-corrected chi connectivity index (χ3v) is 3.70. The predicted molar refractivity (Wildman–Crippen MR) is 75.1 cm³/mol. The maximum Gasteiger partial charge on any atom is 0.179 e. The fourth-order valence-corrected chi connectivity index (χ4v) is 2.56. The van der Waals surface area contributed by atoms with Gasteiger partial charge in [-0.3, -0.25) is 4.79 Å². The van der Waals surface area contributed by atoms with Gasteiger partial charge < -0.3 is 10.6 Å². The van der Waals surface area contributed by atoms with Crippen molar-refractivity contribution in [1.29, 1.82) is 0 Å². The molecule has 1 fully saturated rings. The number of ketones is 1. The minimum atomic E-state index is -0.426. The molecule has 1 aliphatic rings. The van der Waals surface area contributed by atoms with Crippen molar-refractivity contribution in [3.05, 3.63) is 29.8 Å². The van der Waals surface area contributed by atoms with Crippen molar-refractivity contribution in [2.45, 2.75) is 45.2 Å². The Morgan fingerprint density at radius 1 is 1.33 bits per heavy atom. The van der Waals surface area contributed by atoms with E-state index in [4.69, 9.17) is 5.73 Å². The molecule has 0 radical (unpaired) electrons. The zero-order chi connectivity index (χ0) is 13.1. The van der Waals surface area contributed by atoms with Gasteiger partial charge in [0, 0.05) is 23.8 Å². The van der Waals surface area contributed by atoms with Crippen LogP contribution < -0.4 is 10.6 Å². The second kappa shape index (κ2) is 5.53. The predicted octanol–water partition coefficient (Wildman–Crippen LogP) is 2.60. The number of carbonyl (C=O) groups is 1. The Morgan fingerprint density at radius 3 is 2.56 bits per heavy atom. The highest BCUT2D eigenvalue weighted by Gasteiger charge is 2.19. The number of hydrogen-bond donors (Lipinski definition) is 1. The molecule has 2 rings (SSSR count). The van der Waals surface area contributed by atoms with Crippen LogP contribution in [-0.2, 0) is 0 Å². The second-order valence-electron chi connectivity index (χ2n) is 5.24. The highest BCUT2D eigenvalue weighted by atomic mass is 16.1. The van der Waals surface area contributed by atoms with E-state index >= 15 is 0 Å². The number of nitrogens with zero attached hydrogens (tertiary/aromatic N) is 1. The molecule has 0 saturated carbocycles. The van der Waals surface area contributed by atoms with Crippen molar-refractivity contribution in [1.82, 2.24) is 0 Å². The van der Waals surface area contributed by atoms with Crippen LogP contribution in [0.25, 0.3) is 0 Å². The number of Topliss-reactive ketones (excluding diaryl/α,β-unsaturated/α-hetero) is 1. The first-order valence-corrected chi connectivity index (χ1v) is 6.76. The summed E-state index contributed by atoms with van der Waals surface area (Å²) in [7, 11) is 0. The molecule has 1 heterocycles. The quantitative estimate of drug-likeness (QED) is 0.834. The molecule has 1 aromatic rings.